The van der Waals surface area contributed by atoms with Crippen LogP contribution in [-0.2, 0) is 4.79 Å². The van der Waals surface area contributed by atoms with Crippen molar-refractivity contribution in [1.82, 2.24) is 9.97 Å². The van der Waals surface area contributed by atoms with Gasteiger partial charge in [-0.25, -0.2) is 0 Å². The Hall–Kier alpha value is -2.15. The highest BCUT2D eigenvalue weighted by molar-refractivity contribution is 9.10. The number of benzene rings is 1. The van der Waals surface area contributed by atoms with E-state index in [2.05, 4.69) is 31.2 Å². The Labute approximate surface area is 122 Å². The Morgan fingerprint density at radius 2 is 2.15 bits per heavy atom. The maximum atomic E-state index is 12.1. The van der Waals surface area contributed by atoms with Gasteiger partial charge in [0.15, 0.2) is 0 Å². The molecule has 1 atom stereocenters. The van der Waals surface area contributed by atoms with Crippen LogP contribution in [0.2, 0.25) is 0 Å². The minimum atomic E-state index is -0.326. The summed E-state index contributed by atoms with van der Waals surface area (Å²) in [4.78, 5) is 30.4. The van der Waals surface area contributed by atoms with Crippen molar-refractivity contribution in [2.45, 2.75) is 12.3 Å². The zero-order chi connectivity index (χ0) is 14.3. The first-order valence-corrected chi connectivity index (χ1v) is 6.79. The normalized spacial score (nSPS) is 17.4. The molecule has 0 saturated heterocycles. The summed E-state index contributed by atoms with van der Waals surface area (Å²) in [5, 5.41) is 2.59. The first kappa shape index (κ1) is 12.9. The summed E-state index contributed by atoms with van der Waals surface area (Å²) < 4.78 is 0.891. The van der Waals surface area contributed by atoms with Gasteiger partial charge in [-0.15, -0.1) is 0 Å². The van der Waals surface area contributed by atoms with Crippen molar-refractivity contribution in [2.75, 3.05) is 11.1 Å². The molecule has 0 bridgehead atoms. The topological polar surface area (TPSA) is 101 Å². The van der Waals surface area contributed by atoms with E-state index in [9.17, 15) is 9.59 Å². The molecule has 4 N–H and O–H groups in total. The number of H-pyrrole nitrogens is 1. The van der Waals surface area contributed by atoms with Gasteiger partial charge < -0.3 is 11.1 Å². The number of aromatic amines is 1. The predicted octanol–water partition coefficient (Wildman–Crippen LogP) is 1.59. The molecule has 0 radical (unpaired) electrons. The Balaban J connectivity index is 2.20. The molecule has 0 aliphatic carbocycles. The van der Waals surface area contributed by atoms with Crippen LogP contribution in [0.4, 0.5) is 11.8 Å². The predicted molar refractivity (Wildman–Crippen MR) is 78.5 cm³/mol. The molecule has 6 nitrogen and oxygen atoms in total. The van der Waals surface area contributed by atoms with Gasteiger partial charge in [-0.05, 0) is 17.7 Å². The molecule has 7 heteroatoms. The van der Waals surface area contributed by atoms with E-state index in [-0.39, 0.29) is 35.6 Å². The third-order valence-corrected chi connectivity index (χ3v) is 3.71. The number of anilines is 2. The Morgan fingerprint density at radius 3 is 2.90 bits per heavy atom. The SMILES string of the molecule is Nc1nc2c(c(=O)[nH]1)[C@H](c1cccc(Br)c1)CC(=O)N2. The van der Waals surface area contributed by atoms with Gasteiger partial charge in [-0.3, -0.25) is 14.6 Å². The average Bonchev–Trinajstić information content (AvgIpc) is 2.36. The van der Waals surface area contributed by atoms with Crippen molar-refractivity contribution in [3.63, 3.8) is 0 Å². The standard InChI is InChI=1S/C13H11BrN4O2/c14-7-3-1-2-6(4-7)8-5-9(19)16-11-10(8)12(20)18-13(15)17-11/h1-4,8H,5H2,(H4,15,16,17,18,19,20)/t8-/m0/s1. The first-order valence-electron chi connectivity index (χ1n) is 5.99. The van der Waals surface area contributed by atoms with Crippen LogP contribution in [0.1, 0.15) is 23.5 Å². The molecule has 102 valence electrons. The van der Waals surface area contributed by atoms with Gasteiger partial charge in [0, 0.05) is 16.8 Å². The van der Waals surface area contributed by atoms with Crippen LogP contribution < -0.4 is 16.6 Å². The van der Waals surface area contributed by atoms with Crippen molar-refractivity contribution in [3.8, 4) is 0 Å². The third kappa shape index (κ3) is 2.20. The van der Waals surface area contributed by atoms with E-state index in [1.807, 2.05) is 24.3 Å². The van der Waals surface area contributed by atoms with Crippen molar-refractivity contribution >= 4 is 33.6 Å². The quantitative estimate of drug-likeness (QED) is 0.737. The summed E-state index contributed by atoms with van der Waals surface area (Å²) in [6, 6.07) is 7.53. The number of carbonyl (C=O) groups is 1. The summed E-state index contributed by atoms with van der Waals surface area (Å²) in [5.74, 6) is -0.274. The molecule has 1 aliphatic rings. The number of nitrogens with two attached hydrogens (primary N) is 1. The maximum absolute atomic E-state index is 12.1. The van der Waals surface area contributed by atoms with E-state index in [0.29, 0.717) is 5.56 Å². The molecule has 0 spiro atoms. The van der Waals surface area contributed by atoms with Crippen LogP contribution >= 0.6 is 15.9 Å². The zero-order valence-electron chi connectivity index (χ0n) is 10.3. The highest BCUT2D eigenvalue weighted by atomic mass is 79.9. The molecule has 2 aromatic rings. The van der Waals surface area contributed by atoms with Crippen molar-refractivity contribution in [1.29, 1.82) is 0 Å². The fourth-order valence-corrected chi connectivity index (χ4v) is 2.81. The maximum Gasteiger partial charge on any atom is 0.258 e. The van der Waals surface area contributed by atoms with Gasteiger partial charge in [0.2, 0.25) is 11.9 Å². The lowest BCUT2D eigenvalue weighted by atomic mass is 9.87. The Morgan fingerprint density at radius 1 is 1.35 bits per heavy atom. The van der Waals surface area contributed by atoms with Gasteiger partial charge in [0.1, 0.15) is 5.82 Å². The highest BCUT2D eigenvalue weighted by Gasteiger charge is 2.30. The molecule has 1 aliphatic heterocycles. The zero-order valence-corrected chi connectivity index (χ0v) is 11.9. The van der Waals surface area contributed by atoms with Gasteiger partial charge in [-0.1, -0.05) is 28.1 Å². The second-order valence-electron chi connectivity index (χ2n) is 4.57. The van der Waals surface area contributed by atoms with Crippen molar-refractivity contribution in [3.05, 3.63) is 50.2 Å². The van der Waals surface area contributed by atoms with E-state index in [0.717, 1.165) is 10.0 Å². The molecular weight excluding hydrogens is 324 g/mol. The molecule has 3 rings (SSSR count). The monoisotopic (exact) mass is 334 g/mol. The number of hydrogen-bond acceptors (Lipinski definition) is 4. The van der Waals surface area contributed by atoms with Crippen LogP contribution in [0.15, 0.2) is 33.5 Å². The van der Waals surface area contributed by atoms with E-state index in [1.54, 1.807) is 0 Å². The van der Waals surface area contributed by atoms with Gasteiger partial charge in [-0.2, -0.15) is 4.98 Å². The summed E-state index contributed by atoms with van der Waals surface area (Å²) in [6.07, 6.45) is 0.206. The Kier molecular flexibility index (Phi) is 3.06. The van der Waals surface area contributed by atoms with Crippen molar-refractivity contribution < 1.29 is 4.79 Å². The second-order valence-corrected chi connectivity index (χ2v) is 5.49. The minimum Gasteiger partial charge on any atom is -0.369 e. The number of nitrogens with zero attached hydrogens (tertiary/aromatic N) is 1. The van der Waals surface area contributed by atoms with Crippen LogP contribution in [-0.4, -0.2) is 15.9 Å². The summed E-state index contributed by atoms with van der Waals surface area (Å²) >= 11 is 3.39. The average molecular weight is 335 g/mol. The number of hydrogen-bond donors (Lipinski definition) is 3. The molecule has 1 aromatic heterocycles. The van der Waals surface area contributed by atoms with Crippen molar-refractivity contribution in [2.24, 2.45) is 0 Å². The Bertz CT molecular complexity index is 756. The van der Waals surface area contributed by atoms with Gasteiger partial charge in [0.05, 0.1) is 5.56 Å². The second kappa shape index (κ2) is 4.75. The van der Waals surface area contributed by atoms with E-state index in [1.165, 1.54) is 0 Å². The molecular formula is C13H11BrN4O2. The molecule has 1 aromatic carbocycles. The third-order valence-electron chi connectivity index (χ3n) is 3.22. The van der Waals surface area contributed by atoms with Crippen LogP contribution in [0.5, 0.6) is 0 Å². The van der Waals surface area contributed by atoms with E-state index < -0.39 is 0 Å². The van der Waals surface area contributed by atoms with Crippen LogP contribution in [0.3, 0.4) is 0 Å². The van der Waals surface area contributed by atoms with E-state index >= 15 is 0 Å². The lowest BCUT2D eigenvalue weighted by Crippen LogP contribution is -2.31. The van der Waals surface area contributed by atoms with Gasteiger partial charge in [0.25, 0.3) is 5.56 Å². The fourth-order valence-electron chi connectivity index (χ4n) is 2.40. The largest absolute Gasteiger partial charge is 0.369 e. The molecule has 1 amide bonds. The number of fused-ring (bicyclic) bond motifs is 1. The molecule has 0 unspecified atom stereocenters. The number of halogens is 1. The molecule has 0 saturated carbocycles. The number of carbonyl (C=O) groups excluding carboxylic acids is 1. The van der Waals surface area contributed by atoms with Gasteiger partial charge >= 0.3 is 0 Å². The first-order chi connectivity index (χ1) is 9.54. The lowest BCUT2D eigenvalue weighted by Gasteiger charge is -2.24. The summed E-state index contributed by atoms with van der Waals surface area (Å²) in [6.45, 7) is 0. The fraction of sp³-hybridized carbons (Fsp3) is 0.154. The summed E-state index contributed by atoms with van der Waals surface area (Å²) in [7, 11) is 0. The summed E-state index contributed by atoms with van der Waals surface area (Å²) in [5.41, 5.74) is 6.51. The highest BCUT2D eigenvalue weighted by Crippen LogP contribution is 2.34. The molecule has 0 fully saturated rings. The van der Waals surface area contributed by atoms with Crippen LogP contribution in [0, 0.1) is 0 Å². The number of aromatic nitrogens is 2. The number of nitrogen functional groups attached to an aromatic ring is 1. The van der Waals surface area contributed by atoms with Crippen LogP contribution in [0.25, 0.3) is 0 Å². The number of rotatable bonds is 1. The van der Waals surface area contributed by atoms with E-state index in [4.69, 9.17) is 5.73 Å². The molecule has 2 heterocycles. The minimum absolute atomic E-state index is 0.0102. The number of nitrogens with one attached hydrogen (secondary N) is 2. The molecule has 20 heavy (non-hydrogen) atoms. The lowest BCUT2D eigenvalue weighted by molar-refractivity contribution is -0.116. The smallest absolute Gasteiger partial charge is 0.258 e. The number of amides is 1.